The van der Waals surface area contributed by atoms with E-state index in [1.54, 1.807) is 0 Å². The van der Waals surface area contributed by atoms with Crippen molar-refractivity contribution >= 4 is 34.2 Å². The Hall–Kier alpha value is -0.630. The topological polar surface area (TPSA) is 55.9 Å². The van der Waals surface area contributed by atoms with Gasteiger partial charge in [0.15, 0.2) is 0 Å². The molecule has 1 unspecified atom stereocenters. The van der Waals surface area contributed by atoms with Gasteiger partial charge in [-0.3, -0.25) is 11.3 Å². The standard InChI is InChI=1S/C14H18ClIN4/c1-2-6-20-7-5-18-14(20)9-13(19-17)10-3-4-12(16)11(15)8-10/h3-5,7-8,13,19H,2,6,9,17H2,1H3. The fourth-order valence-corrected chi connectivity index (χ4v) is 2.68. The van der Waals surface area contributed by atoms with Crippen LogP contribution < -0.4 is 11.3 Å². The van der Waals surface area contributed by atoms with Crippen molar-refractivity contribution in [3.05, 3.63) is 50.6 Å². The van der Waals surface area contributed by atoms with Gasteiger partial charge in [0.25, 0.3) is 0 Å². The van der Waals surface area contributed by atoms with Crippen molar-refractivity contribution in [3.63, 3.8) is 0 Å². The Bertz CT molecular complexity index is 570. The molecule has 0 amide bonds. The lowest BCUT2D eigenvalue weighted by Gasteiger charge is -2.17. The van der Waals surface area contributed by atoms with Crippen molar-refractivity contribution in [1.82, 2.24) is 15.0 Å². The molecule has 0 saturated heterocycles. The van der Waals surface area contributed by atoms with Gasteiger partial charge in [-0.1, -0.05) is 24.6 Å². The predicted octanol–water partition coefficient (Wildman–Crippen LogP) is 3.30. The molecule has 1 aromatic heterocycles. The van der Waals surface area contributed by atoms with E-state index in [2.05, 4.69) is 44.5 Å². The maximum absolute atomic E-state index is 6.18. The normalized spacial score (nSPS) is 12.6. The maximum Gasteiger partial charge on any atom is 0.110 e. The van der Waals surface area contributed by atoms with Gasteiger partial charge in [0.05, 0.1) is 11.1 Å². The molecule has 0 aliphatic rings. The molecule has 108 valence electrons. The van der Waals surface area contributed by atoms with Crippen LogP contribution in [0.25, 0.3) is 0 Å². The summed E-state index contributed by atoms with van der Waals surface area (Å²) >= 11 is 8.40. The van der Waals surface area contributed by atoms with E-state index in [0.29, 0.717) is 0 Å². The van der Waals surface area contributed by atoms with Crippen molar-refractivity contribution in [3.8, 4) is 0 Å². The second-order valence-corrected chi connectivity index (χ2v) is 6.20. The number of hydrazine groups is 1. The third-order valence-electron chi connectivity index (χ3n) is 3.20. The van der Waals surface area contributed by atoms with Crippen LogP contribution in [0.4, 0.5) is 0 Å². The minimum atomic E-state index is 0.00232. The molecule has 4 nitrogen and oxygen atoms in total. The van der Waals surface area contributed by atoms with Crippen LogP contribution in [-0.4, -0.2) is 9.55 Å². The number of hydrogen-bond acceptors (Lipinski definition) is 3. The molecule has 0 saturated carbocycles. The van der Waals surface area contributed by atoms with Gasteiger partial charge < -0.3 is 4.57 Å². The summed E-state index contributed by atoms with van der Waals surface area (Å²) in [6.45, 7) is 3.13. The first kappa shape index (κ1) is 15.8. The number of imidazole rings is 1. The summed E-state index contributed by atoms with van der Waals surface area (Å²) in [6.07, 6.45) is 5.66. The number of halogens is 2. The average Bonchev–Trinajstić information content (AvgIpc) is 2.87. The van der Waals surface area contributed by atoms with Crippen molar-refractivity contribution in [2.45, 2.75) is 32.4 Å². The van der Waals surface area contributed by atoms with Crippen molar-refractivity contribution in [2.75, 3.05) is 0 Å². The third kappa shape index (κ3) is 3.72. The Morgan fingerprint density at radius 2 is 2.30 bits per heavy atom. The molecule has 0 aliphatic heterocycles. The number of nitrogens with two attached hydrogens (primary N) is 1. The summed E-state index contributed by atoms with van der Waals surface area (Å²) in [7, 11) is 0. The Kier molecular flexibility index (Phi) is 5.83. The molecule has 1 heterocycles. The quantitative estimate of drug-likeness (QED) is 0.441. The van der Waals surface area contributed by atoms with Crippen LogP contribution in [-0.2, 0) is 13.0 Å². The number of aryl methyl sites for hydroxylation is 1. The number of aromatic nitrogens is 2. The van der Waals surface area contributed by atoms with E-state index in [-0.39, 0.29) is 6.04 Å². The summed E-state index contributed by atoms with van der Waals surface area (Å²) in [5.41, 5.74) is 3.93. The zero-order chi connectivity index (χ0) is 14.5. The molecule has 0 fully saturated rings. The monoisotopic (exact) mass is 404 g/mol. The van der Waals surface area contributed by atoms with E-state index in [1.807, 2.05) is 30.6 Å². The highest BCUT2D eigenvalue weighted by Gasteiger charge is 2.15. The van der Waals surface area contributed by atoms with Crippen LogP contribution >= 0.6 is 34.2 Å². The SMILES string of the molecule is CCCn1ccnc1CC(NN)c1ccc(I)c(Cl)c1. The lowest BCUT2D eigenvalue weighted by Crippen LogP contribution is -2.30. The zero-order valence-corrected chi connectivity index (χ0v) is 14.2. The van der Waals surface area contributed by atoms with E-state index >= 15 is 0 Å². The predicted molar refractivity (Wildman–Crippen MR) is 90.5 cm³/mol. The van der Waals surface area contributed by atoms with Crippen molar-refractivity contribution in [2.24, 2.45) is 5.84 Å². The minimum Gasteiger partial charge on any atom is -0.335 e. The average molecular weight is 405 g/mol. The Morgan fingerprint density at radius 1 is 1.50 bits per heavy atom. The molecule has 3 N–H and O–H groups in total. The van der Waals surface area contributed by atoms with Gasteiger partial charge in [-0.05, 0) is 46.7 Å². The summed E-state index contributed by atoms with van der Waals surface area (Å²) in [4.78, 5) is 4.42. The molecule has 6 heteroatoms. The smallest absolute Gasteiger partial charge is 0.110 e. The van der Waals surface area contributed by atoms with E-state index in [0.717, 1.165) is 39.4 Å². The second kappa shape index (κ2) is 7.40. The summed E-state index contributed by atoms with van der Waals surface area (Å²) < 4.78 is 3.20. The van der Waals surface area contributed by atoms with Crippen molar-refractivity contribution in [1.29, 1.82) is 0 Å². The molecule has 0 bridgehead atoms. The highest BCUT2D eigenvalue weighted by atomic mass is 127. The molecule has 1 aromatic carbocycles. The Labute approximate surface area is 137 Å². The molecular formula is C14H18ClIN4. The molecule has 2 aromatic rings. The lowest BCUT2D eigenvalue weighted by atomic mass is 10.0. The zero-order valence-electron chi connectivity index (χ0n) is 11.3. The van der Waals surface area contributed by atoms with E-state index in [4.69, 9.17) is 17.4 Å². The Morgan fingerprint density at radius 3 is 2.95 bits per heavy atom. The van der Waals surface area contributed by atoms with Gasteiger partial charge in [0, 0.05) is 28.9 Å². The summed E-state index contributed by atoms with van der Waals surface area (Å²) in [5, 5.41) is 0.750. The second-order valence-electron chi connectivity index (χ2n) is 4.63. The maximum atomic E-state index is 6.18. The molecule has 0 spiro atoms. The van der Waals surface area contributed by atoms with Crippen LogP contribution in [0.15, 0.2) is 30.6 Å². The lowest BCUT2D eigenvalue weighted by molar-refractivity contribution is 0.517. The molecule has 0 aliphatic carbocycles. The van der Waals surface area contributed by atoms with Gasteiger partial charge in [0.2, 0.25) is 0 Å². The first-order chi connectivity index (χ1) is 9.65. The number of rotatable bonds is 6. The number of nitrogens with zero attached hydrogens (tertiary/aromatic N) is 2. The minimum absolute atomic E-state index is 0.00232. The van der Waals surface area contributed by atoms with E-state index in [1.165, 1.54) is 0 Å². The molecule has 2 rings (SSSR count). The highest BCUT2D eigenvalue weighted by molar-refractivity contribution is 14.1. The molecular weight excluding hydrogens is 387 g/mol. The van der Waals surface area contributed by atoms with Crippen LogP contribution in [0.2, 0.25) is 5.02 Å². The van der Waals surface area contributed by atoms with Crippen LogP contribution in [0.1, 0.15) is 30.8 Å². The largest absolute Gasteiger partial charge is 0.335 e. The molecule has 1 atom stereocenters. The summed E-state index contributed by atoms with van der Waals surface area (Å²) in [6, 6.07) is 6.01. The fraction of sp³-hybridized carbons (Fsp3) is 0.357. The third-order valence-corrected chi connectivity index (χ3v) is 4.77. The molecule has 20 heavy (non-hydrogen) atoms. The van der Waals surface area contributed by atoms with Gasteiger partial charge in [-0.25, -0.2) is 4.98 Å². The number of nitrogens with one attached hydrogen (secondary N) is 1. The van der Waals surface area contributed by atoms with Gasteiger partial charge in [-0.15, -0.1) is 0 Å². The highest BCUT2D eigenvalue weighted by Crippen LogP contribution is 2.24. The first-order valence-electron chi connectivity index (χ1n) is 6.56. The van der Waals surface area contributed by atoms with Gasteiger partial charge in [0.1, 0.15) is 5.82 Å². The van der Waals surface area contributed by atoms with Crippen LogP contribution in [0.5, 0.6) is 0 Å². The fourth-order valence-electron chi connectivity index (χ4n) is 2.16. The number of hydrogen-bond donors (Lipinski definition) is 2. The van der Waals surface area contributed by atoms with Gasteiger partial charge >= 0.3 is 0 Å². The number of benzene rings is 1. The first-order valence-corrected chi connectivity index (χ1v) is 8.02. The van der Waals surface area contributed by atoms with Crippen molar-refractivity contribution < 1.29 is 0 Å². The summed E-state index contributed by atoms with van der Waals surface area (Å²) in [5.74, 6) is 6.73. The van der Waals surface area contributed by atoms with E-state index in [9.17, 15) is 0 Å². The molecule has 0 radical (unpaired) electrons. The van der Waals surface area contributed by atoms with Crippen LogP contribution in [0.3, 0.4) is 0 Å². The van der Waals surface area contributed by atoms with Gasteiger partial charge in [-0.2, -0.15) is 0 Å². The van der Waals surface area contributed by atoms with Crippen LogP contribution in [0, 0.1) is 3.57 Å². The van der Waals surface area contributed by atoms with E-state index < -0.39 is 0 Å². The Balaban J connectivity index is 2.19.